The molecule has 0 saturated heterocycles. The summed E-state index contributed by atoms with van der Waals surface area (Å²) in [7, 11) is 0. The van der Waals surface area contributed by atoms with Gasteiger partial charge in [0.2, 0.25) is 0 Å². The topological polar surface area (TPSA) is 64.3 Å². The minimum Gasteiger partial charge on any atom is -0.494 e. The number of benzene rings is 1. The first-order valence-corrected chi connectivity index (χ1v) is 4.43. The van der Waals surface area contributed by atoms with Crippen LogP contribution in [0.1, 0.15) is 24.2 Å². The highest BCUT2D eigenvalue weighted by Gasteiger charge is 2.07. The van der Waals surface area contributed by atoms with Crippen molar-refractivity contribution in [2.24, 2.45) is 5.84 Å². The van der Waals surface area contributed by atoms with Crippen LogP contribution in [0.25, 0.3) is 0 Å². The molecule has 14 heavy (non-hydrogen) atoms. The number of hydrogen-bond donors (Lipinski definition) is 2. The van der Waals surface area contributed by atoms with E-state index in [1.54, 1.807) is 18.2 Å². The van der Waals surface area contributed by atoms with Crippen molar-refractivity contribution in [2.75, 3.05) is 12.0 Å². The van der Waals surface area contributed by atoms with E-state index >= 15 is 0 Å². The number of ether oxygens (including phenoxy) is 1. The van der Waals surface area contributed by atoms with Crippen molar-refractivity contribution in [3.63, 3.8) is 0 Å². The molecule has 1 aromatic rings. The molecule has 0 aliphatic heterocycles. The number of carbonyl (C=O) groups excluding carboxylic acids is 1. The predicted molar refractivity (Wildman–Crippen MR) is 55.4 cm³/mol. The van der Waals surface area contributed by atoms with Gasteiger partial charge in [0.15, 0.2) is 5.78 Å². The lowest BCUT2D eigenvalue weighted by atomic mass is 10.1. The van der Waals surface area contributed by atoms with Crippen LogP contribution < -0.4 is 16.0 Å². The Morgan fingerprint density at radius 2 is 2.29 bits per heavy atom. The van der Waals surface area contributed by atoms with Gasteiger partial charge in [0.05, 0.1) is 12.3 Å². The quantitative estimate of drug-likeness (QED) is 0.434. The smallest absolute Gasteiger partial charge is 0.161 e. The molecular formula is C10H14N2O2. The number of Topliss-reactive ketones (excluding diaryl/α,β-unsaturated/α-hetero) is 1. The molecule has 4 nitrogen and oxygen atoms in total. The maximum Gasteiger partial charge on any atom is 0.161 e. The number of nitrogens with two attached hydrogens (primary N) is 1. The summed E-state index contributed by atoms with van der Waals surface area (Å²) in [4.78, 5) is 11.2. The van der Waals surface area contributed by atoms with Crippen LogP contribution in [0.2, 0.25) is 0 Å². The molecule has 1 aromatic carbocycles. The Bertz CT molecular complexity index is 337. The average molecular weight is 194 g/mol. The number of rotatable bonds is 4. The molecule has 0 radical (unpaired) electrons. The van der Waals surface area contributed by atoms with E-state index in [1.807, 2.05) is 6.92 Å². The molecule has 1 rings (SSSR count). The van der Waals surface area contributed by atoms with Crippen molar-refractivity contribution >= 4 is 11.5 Å². The Balaban J connectivity index is 3.05. The third-order valence-electron chi connectivity index (χ3n) is 1.84. The number of hydrazine groups is 1. The summed E-state index contributed by atoms with van der Waals surface area (Å²) in [6.07, 6.45) is 0. The second-order valence-electron chi connectivity index (χ2n) is 2.84. The number of carbonyl (C=O) groups is 1. The second-order valence-corrected chi connectivity index (χ2v) is 2.84. The largest absolute Gasteiger partial charge is 0.494 e. The van der Waals surface area contributed by atoms with E-state index in [0.29, 0.717) is 23.6 Å². The van der Waals surface area contributed by atoms with Gasteiger partial charge in [-0.2, -0.15) is 0 Å². The summed E-state index contributed by atoms with van der Waals surface area (Å²) in [5, 5.41) is 0. The van der Waals surface area contributed by atoms with Crippen LogP contribution in [-0.4, -0.2) is 12.4 Å². The maximum absolute atomic E-state index is 11.2. The highest BCUT2D eigenvalue weighted by molar-refractivity contribution is 5.99. The second kappa shape index (κ2) is 4.62. The number of anilines is 1. The molecule has 0 bridgehead atoms. The van der Waals surface area contributed by atoms with E-state index in [-0.39, 0.29) is 5.78 Å². The van der Waals surface area contributed by atoms with Gasteiger partial charge in [0, 0.05) is 11.6 Å². The van der Waals surface area contributed by atoms with Crippen LogP contribution in [0.4, 0.5) is 5.69 Å². The zero-order chi connectivity index (χ0) is 10.6. The molecule has 0 aliphatic carbocycles. The van der Waals surface area contributed by atoms with Crippen molar-refractivity contribution in [3.8, 4) is 5.75 Å². The minimum atomic E-state index is -0.0269. The van der Waals surface area contributed by atoms with Gasteiger partial charge in [-0.1, -0.05) is 0 Å². The van der Waals surface area contributed by atoms with Gasteiger partial charge in [-0.3, -0.25) is 10.6 Å². The molecular weight excluding hydrogens is 180 g/mol. The van der Waals surface area contributed by atoms with Crippen molar-refractivity contribution in [1.29, 1.82) is 0 Å². The molecule has 76 valence electrons. The molecule has 0 fully saturated rings. The first-order chi connectivity index (χ1) is 6.69. The summed E-state index contributed by atoms with van der Waals surface area (Å²) >= 11 is 0. The summed E-state index contributed by atoms with van der Waals surface area (Å²) in [6.45, 7) is 3.98. The summed E-state index contributed by atoms with van der Waals surface area (Å²) in [5.41, 5.74) is 3.63. The number of nitrogens with one attached hydrogen (secondary N) is 1. The Kier molecular flexibility index (Phi) is 3.48. The fourth-order valence-corrected chi connectivity index (χ4v) is 1.21. The molecule has 4 heteroatoms. The number of ketones is 1. The van der Waals surface area contributed by atoms with E-state index in [4.69, 9.17) is 10.6 Å². The van der Waals surface area contributed by atoms with Crippen LogP contribution in [0, 0.1) is 0 Å². The van der Waals surface area contributed by atoms with Crippen molar-refractivity contribution in [2.45, 2.75) is 13.8 Å². The third kappa shape index (κ3) is 2.23. The van der Waals surface area contributed by atoms with Gasteiger partial charge < -0.3 is 10.2 Å². The molecule has 0 aliphatic rings. The van der Waals surface area contributed by atoms with E-state index in [2.05, 4.69) is 5.43 Å². The molecule has 0 spiro atoms. The van der Waals surface area contributed by atoms with Crippen LogP contribution in [0.3, 0.4) is 0 Å². The zero-order valence-electron chi connectivity index (χ0n) is 8.33. The standard InChI is InChI=1S/C10H14N2O2/c1-3-14-8-4-5-9(7(2)13)10(6-8)12-11/h4-6,12H,3,11H2,1-2H3. The van der Waals surface area contributed by atoms with Gasteiger partial charge in [-0.05, 0) is 26.0 Å². The minimum absolute atomic E-state index is 0.0269. The normalized spacial score (nSPS) is 9.64. The number of nitrogen functional groups attached to an aromatic ring is 1. The highest BCUT2D eigenvalue weighted by atomic mass is 16.5. The number of hydrogen-bond acceptors (Lipinski definition) is 4. The van der Waals surface area contributed by atoms with Crippen molar-refractivity contribution < 1.29 is 9.53 Å². The SMILES string of the molecule is CCOc1ccc(C(C)=O)c(NN)c1. The monoisotopic (exact) mass is 194 g/mol. The summed E-state index contributed by atoms with van der Waals surface area (Å²) in [5.74, 6) is 5.97. The van der Waals surface area contributed by atoms with Gasteiger partial charge >= 0.3 is 0 Å². The first-order valence-electron chi connectivity index (χ1n) is 4.43. The third-order valence-corrected chi connectivity index (χ3v) is 1.84. The van der Waals surface area contributed by atoms with Crippen LogP contribution >= 0.6 is 0 Å². The molecule has 0 aromatic heterocycles. The van der Waals surface area contributed by atoms with E-state index in [0.717, 1.165) is 0 Å². The fraction of sp³-hybridized carbons (Fsp3) is 0.300. The van der Waals surface area contributed by atoms with Crippen LogP contribution in [-0.2, 0) is 0 Å². The lowest BCUT2D eigenvalue weighted by Crippen LogP contribution is -2.11. The first kappa shape index (κ1) is 10.5. The fourth-order valence-electron chi connectivity index (χ4n) is 1.21. The van der Waals surface area contributed by atoms with E-state index < -0.39 is 0 Å². The lowest BCUT2D eigenvalue weighted by molar-refractivity contribution is 0.101. The van der Waals surface area contributed by atoms with E-state index in [9.17, 15) is 4.79 Å². The highest BCUT2D eigenvalue weighted by Crippen LogP contribution is 2.22. The molecule has 3 N–H and O–H groups in total. The Labute approximate surface area is 83.0 Å². The van der Waals surface area contributed by atoms with Crippen molar-refractivity contribution in [3.05, 3.63) is 23.8 Å². The molecule has 0 unspecified atom stereocenters. The molecule has 0 heterocycles. The zero-order valence-corrected chi connectivity index (χ0v) is 8.33. The van der Waals surface area contributed by atoms with Crippen molar-refractivity contribution in [1.82, 2.24) is 0 Å². The van der Waals surface area contributed by atoms with Gasteiger partial charge in [0.25, 0.3) is 0 Å². The predicted octanol–water partition coefficient (Wildman–Crippen LogP) is 1.57. The average Bonchev–Trinajstić information content (AvgIpc) is 2.17. The molecule has 0 saturated carbocycles. The van der Waals surface area contributed by atoms with Gasteiger partial charge in [0.1, 0.15) is 5.75 Å². The maximum atomic E-state index is 11.2. The Morgan fingerprint density at radius 1 is 1.57 bits per heavy atom. The Morgan fingerprint density at radius 3 is 2.79 bits per heavy atom. The van der Waals surface area contributed by atoms with E-state index in [1.165, 1.54) is 6.92 Å². The van der Waals surface area contributed by atoms with Crippen LogP contribution in [0.15, 0.2) is 18.2 Å². The van der Waals surface area contributed by atoms with Gasteiger partial charge in [-0.15, -0.1) is 0 Å². The lowest BCUT2D eigenvalue weighted by Gasteiger charge is -2.09. The Hall–Kier alpha value is -1.55. The molecule has 0 atom stereocenters. The van der Waals surface area contributed by atoms with Gasteiger partial charge in [-0.25, -0.2) is 0 Å². The summed E-state index contributed by atoms with van der Waals surface area (Å²) < 4.78 is 5.28. The summed E-state index contributed by atoms with van der Waals surface area (Å²) in [6, 6.07) is 5.16. The van der Waals surface area contributed by atoms with Crippen LogP contribution in [0.5, 0.6) is 5.75 Å². The molecule has 0 amide bonds.